The molecular weight excluding hydrogens is 350 g/mol. The zero-order valence-corrected chi connectivity index (χ0v) is 15.4. The van der Waals surface area contributed by atoms with Crippen LogP contribution in [0.1, 0.15) is 28.9 Å². The van der Waals surface area contributed by atoms with E-state index in [1.54, 1.807) is 24.3 Å². The fourth-order valence-corrected chi connectivity index (χ4v) is 3.38. The van der Waals surface area contributed by atoms with Gasteiger partial charge >= 0.3 is 0 Å². The van der Waals surface area contributed by atoms with Gasteiger partial charge in [-0.05, 0) is 36.8 Å². The lowest BCUT2D eigenvalue weighted by atomic mass is 10.0. The first-order valence-corrected chi connectivity index (χ1v) is 9.02. The van der Waals surface area contributed by atoms with Crippen LogP contribution in [0.25, 0.3) is 0 Å². The molecule has 1 aliphatic rings. The van der Waals surface area contributed by atoms with Crippen molar-refractivity contribution in [3.05, 3.63) is 64.7 Å². The van der Waals surface area contributed by atoms with Gasteiger partial charge in [0.15, 0.2) is 5.78 Å². The van der Waals surface area contributed by atoms with Crippen LogP contribution in [0.2, 0.25) is 5.02 Å². The largest absolute Gasteiger partial charge is 0.325 e. The molecule has 6 heteroatoms. The van der Waals surface area contributed by atoms with Crippen molar-refractivity contribution in [3.8, 4) is 0 Å². The van der Waals surface area contributed by atoms with Crippen molar-refractivity contribution in [1.29, 1.82) is 0 Å². The van der Waals surface area contributed by atoms with Gasteiger partial charge in [0.2, 0.25) is 5.91 Å². The third-order valence-electron chi connectivity index (χ3n) is 4.49. The zero-order valence-electron chi connectivity index (χ0n) is 14.7. The van der Waals surface area contributed by atoms with Crippen LogP contribution in [-0.2, 0) is 4.79 Å². The van der Waals surface area contributed by atoms with Crippen LogP contribution in [0.5, 0.6) is 0 Å². The maximum Gasteiger partial charge on any atom is 0.238 e. The van der Waals surface area contributed by atoms with Crippen molar-refractivity contribution in [2.24, 2.45) is 0 Å². The lowest BCUT2D eigenvalue weighted by molar-refractivity contribution is -0.118. The molecule has 136 valence electrons. The van der Waals surface area contributed by atoms with E-state index in [9.17, 15) is 9.59 Å². The van der Waals surface area contributed by atoms with Crippen LogP contribution in [0, 0.1) is 0 Å². The molecular formula is C20H22ClN3O2. The van der Waals surface area contributed by atoms with Crippen LogP contribution < -0.4 is 10.6 Å². The fourth-order valence-electron chi connectivity index (χ4n) is 3.18. The number of hydrogen-bond donors (Lipinski definition) is 2. The number of benzene rings is 2. The summed E-state index contributed by atoms with van der Waals surface area (Å²) in [6.45, 7) is 4.18. The van der Waals surface area contributed by atoms with Crippen LogP contribution >= 0.6 is 11.6 Å². The van der Waals surface area contributed by atoms with Crippen molar-refractivity contribution >= 4 is 29.0 Å². The van der Waals surface area contributed by atoms with E-state index in [2.05, 4.69) is 15.5 Å². The van der Waals surface area contributed by atoms with E-state index in [4.69, 9.17) is 11.6 Å². The number of amides is 1. The number of nitrogens with one attached hydrogen (secondary N) is 2. The van der Waals surface area contributed by atoms with Gasteiger partial charge in [-0.2, -0.15) is 0 Å². The van der Waals surface area contributed by atoms with Crippen molar-refractivity contribution in [2.75, 3.05) is 31.5 Å². The molecule has 1 unspecified atom stereocenters. The summed E-state index contributed by atoms with van der Waals surface area (Å²) in [5, 5.41) is 6.95. The Kier molecular flexibility index (Phi) is 6.04. The molecule has 1 saturated heterocycles. The van der Waals surface area contributed by atoms with Gasteiger partial charge in [0.05, 0.1) is 6.54 Å². The lowest BCUT2D eigenvalue weighted by Gasteiger charge is -2.36. The number of ketones is 1. The second kappa shape index (κ2) is 8.45. The molecule has 26 heavy (non-hydrogen) atoms. The Morgan fingerprint density at radius 1 is 1.23 bits per heavy atom. The number of nitrogens with zero attached hydrogens (tertiary/aromatic N) is 1. The monoisotopic (exact) mass is 371 g/mol. The number of halogens is 1. The molecule has 5 nitrogen and oxygen atoms in total. The summed E-state index contributed by atoms with van der Waals surface area (Å²) in [6.07, 6.45) is 0. The molecule has 0 radical (unpaired) electrons. The number of Topliss-reactive ketones (excluding diaryl/α,β-unsaturated/α-hetero) is 1. The standard InChI is InChI=1S/C20H22ClN3O2/c1-14(25)15-4-3-7-18(11-15)23-20(26)13-24-9-8-22-12-19(24)16-5-2-6-17(21)10-16/h2-7,10-11,19,22H,8-9,12-13H2,1H3,(H,23,26). The third kappa shape index (κ3) is 4.69. The summed E-state index contributed by atoms with van der Waals surface area (Å²) >= 11 is 6.12. The number of anilines is 1. The van der Waals surface area contributed by atoms with E-state index < -0.39 is 0 Å². The maximum absolute atomic E-state index is 12.5. The van der Waals surface area contributed by atoms with Gasteiger partial charge in [-0.15, -0.1) is 0 Å². The Hall–Kier alpha value is -2.21. The predicted molar refractivity (Wildman–Crippen MR) is 104 cm³/mol. The average Bonchev–Trinajstić information content (AvgIpc) is 2.62. The first kappa shape index (κ1) is 18.6. The van der Waals surface area contributed by atoms with Crippen LogP contribution in [0.3, 0.4) is 0 Å². The average molecular weight is 372 g/mol. The first-order chi connectivity index (χ1) is 12.5. The molecule has 1 aliphatic heterocycles. The van der Waals surface area contributed by atoms with E-state index >= 15 is 0 Å². The Morgan fingerprint density at radius 3 is 2.81 bits per heavy atom. The first-order valence-electron chi connectivity index (χ1n) is 8.64. The molecule has 1 heterocycles. The van der Waals surface area contributed by atoms with Crippen molar-refractivity contribution < 1.29 is 9.59 Å². The molecule has 2 aromatic carbocycles. The molecule has 0 bridgehead atoms. The van der Waals surface area contributed by atoms with Crippen LogP contribution in [-0.4, -0.2) is 42.8 Å². The van der Waals surface area contributed by atoms with Crippen molar-refractivity contribution in [3.63, 3.8) is 0 Å². The third-order valence-corrected chi connectivity index (χ3v) is 4.72. The van der Waals surface area contributed by atoms with E-state index in [0.717, 1.165) is 25.2 Å². The molecule has 0 saturated carbocycles. The topological polar surface area (TPSA) is 61.4 Å². The van der Waals surface area contributed by atoms with Gasteiger partial charge in [-0.1, -0.05) is 35.9 Å². The minimum atomic E-state index is -0.0976. The Morgan fingerprint density at radius 2 is 2.04 bits per heavy atom. The Bertz CT molecular complexity index is 809. The summed E-state index contributed by atoms with van der Waals surface area (Å²) < 4.78 is 0. The highest BCUT2D eigenvalue weighted by Crippen LogP contribution is 2.24. The molecule has 2 N–H and O–H groups in total. The number of carbonyl (C=O) groups is 2. The van der Waals surface area contributed by atoms with E-state index in [1.807, 2.05) is 24.3 Å². The lowest BCUT2D eigenvalue weighted by Crippen LogP contribution is -2.48. The summed E-state index contributed by atoms with van der Waals surface area (Å²) in [5.74, 6) is -0.121. The Labute approximate surface area is 158 Å². The molecule has 1 amide bonds. The minimum Gasteiger partial charge on any atom is -0.325 e. The van der Waals surface area contributed by atoms with Gasteiger partial charge in [-0.3, -0.25) is 14.5 Å². The van der Waals surface area contributed by atoms with Gasteiger partial charge in [0, 0.05) is 41.9 Å². The number of piperazine rings is 1. The molecule has 1 fully saturated rings. The summed E-state index contributed by atoms with van der Waals surface area (Å²) in [6, 6.07) is 14.8. The van der Waals surface area contributed by atoms with Gasteiger partial charge < -0.3 is 10.6 Å². The highest BCUT2D eigenvalue weighted by molar-refractivity contribution is 6.30. The normalized spacial score (nSPS) is 17.7. The maximum atomic E-state index is 12.5. The summed E-state index contributed by atoms with van der Waals surface area (Å²) in [7, 11) is 0. The van der Waals surface area contributed by atoms with Gasteiger partial charge in [0.25, 0.3) is 0 Å². The van der Waals surface area contributed by atoms with Crippen molar-refractivity contribution in [1.82, 2.24) is 10.2 Å². The number of rotatable bonds is 5. The molecule has 1 atom stereocenters. The highest BCUT2D eigenvalue weighted by atomic mass is 35.5. The zero-order chi connectivity index (χ0) is 18.5. The molecule has 0 aliphatic carbocycles. The van der Waals surface area contributed by atoms with Gasteiger partial charge in [-0.25, -0.2) is 0 Å². The van der Waals surface area contributed by atoms with Crippen molar-refractivity contribution in [2.45, 2.75) is 13.0 Å². The van der Waals surface area contributed by atoms with Gasteiger partial charge in [0.1, 0.15) is 0 Å². The molecule has 3 rings (SSSR count). The minimum absolute atomic E-state index is 0.0239. The molecule has 0 aromatic heterocycles. The second-order valence-electron chi connectivity index (χ2n) is 6.43. The summed E-state index contributed by atoms with van der Waals surface area (Å²) in [5.41, 5.74) is 2.31. The van der Waals surface area contributed by atoms with E-state index in [-0.39, 0.29) is 24.3 Å². The van der Waals surface area contributed by atoms with Crippen LogP contribution in [0.4, 0.5) is 5.69 Å². The fraction of sp³-hybridized carbons (Fsp3) is 0.300. The van der Waals surface area contributed by atoms with E-state index in [1.165, 1.54) is 6.92 Å². The highest BCUT2D eigenvalue weighted by Gasteiger charge is 2.25. The second-order valence-corrected chi connectivity index (χ2v) is 6.87. The number of hydrogen-bond acceptors (Lipinski definition) is 4. The predicted octanol–water partition coefficient (Wildman–Crippen LogP) is 3.13. The molecule has 2 aromatic rings. The smallest absolute Gasteiger partial charge is 0.238 e. The molecule has 0 spiro atoms. The SMILES string of the molecule is CC(=O)c1cccc(NC(=O)CN2CCNCC2c2cccc(Cl)c2)c1. The Balaban J connectivity index is 1.68. The quantitative estimate of drug-likeness (QED) is 0.793. The summed E-state index contributed by atoms with van der Waals surface area (Å²) in [4.78, 5) is 26.2. The van der Waals surface area contributed by atoms with Crippen LogP contribution in [0.15, 0.2) is 48.5 Å². The van der Waals surface area contributed by atoms with E-state index in [0.29, 0.717) is 16.3 Å². The number of carbonyl (C=O) groups excluding carboxylic acids is 2.